The van der Waals surface area contributed by atoms with Crippen molar-refractivity contribution in [2.75, 3.05) is 6.61 Å². The predicted octanol–water partition coefficient (Wildman–Crippen LogP) is 7.25. The first kappa shape index (κ1) is 19.3. The maximum absolute atomic E-state index is 14.2. The topological polar surface area (TPSA) is 9.23 Å². The van der Waals surface area contributed by atoms with Crippen LogP contribution >= 0.6 is 0 Å². The molecule has 0 atom stereocenters. The summed E-state index contributed by atoms with van der Waals surface area (Å²) >= 11 is 0. The predicted molar refractivity (Wildman–Crippen MR) is 100 cm³/mol. The van der Waals surface area contributed by atoms with Crippen LogP contribution in [-0.2, 0) is 0 Å². The lowest BCUT2D eigenvalue weighted by Crippen LogP contribution is -2.14. The molecule has 1 saturated carbocycles. The zero-order chi connectivity index (χ0) is 17.2. The van der Waals surface area contributed by atoms with Crippen LogP contribution in [-0.4, -0.2) is 6.61 Å². The fourth-order valence-corrected chi connectivity index (χ4v) is 3.94. The number of rotatable bonds is 10. The van der Waals surface area contributed by atoms with Gasteiger partial charge in [-0.1, -0.05) is 52.4 Å². The molecule has 1 aliphatic rings. The SMILES string of the molecule is CCCCCCCC1CCC(c2cc(OCCC)ccc2F)CC1. The van der Waals surface area contributed by atoms with Crippen molar-refractivity contribution in [3.05, 3.63) is 29.6 Å². The van der Waals surface area contributed by atoms with E-state index >= 15 is 0 Å². The number of unbranched alkanes of at least 4 members (excludes halogenated alkanes) is 4. The van der Waals surface area contributed by atoms with Crippen LogP contribution in [0, 0.1) is 11.7 Å². The average molecular weight is 335 g/mol. The van der Waals surface area contributed by atoms with Gasteiger partial charge in [-0.05, 0) is 67.7 Å². The molecule has 0 radical (unpaired) electrons. The highest BCUT2D eigenvalue weighted by molar-refractivity contribution is 5.32. The van der Waals surface area contributed by atoms with E-state index in [0.29, 0.717) is 12.5 Å². The van der Waals surface area contributed by atoms with Crippen LogP contribution in [0.2, 0.25) is 0 Å². The maximum Gasteiger partial charge on any atom is 0.126 e. The van der Waals surface area contributed by atoms with Crippen LogP contribution in [0.4, 0.5) is 4.39 Å². The number of hydrogen-bond donors (Lipinski definition) is 0. The van der Waals surface area contributed by atoms with Crippen molar-refractivity contribution in [2.45, 2.75) is 90.4 Å². The summed E-state index contributed by atoms with van der Waals surface area (Å²) in [6, 6.07) is 5.29. The summed E-state index contributed by atoms with van der Waals surface area (Å²) in [7, 11) is 0. The molecule has 1 aromatic rings. The Hall–Kier alpha value is -1.05. The van der Waals surface area contributed by atoms with Gasteiger partial charge in [0.05, 0.1) is 6.61 Å². The Bertz CT molecular complexity index is 463. The first-order chi connectivity index (χ1) is 11.7. The van der Waals surface area contributed by atoms with E-state index in [1.807, 2.05) is 6.07 Å². The molecule has 0 spiro atoms. The lowest BCUT2D eigenvalue weighted by molar-refractivity contribution is 0.295. The highest BCUT2D eigenvalue weighted by Gasteiger charge is 2.24. The third kappa shape index (κ3) is 6.11. The first-order valence-electron chi connectivity index (χ1n) is 10.2. The summed E-state index contributed by atoms with van der Waals surface area (Å²) in [5, 5.41) is 0. The van der Waals surface area contributed by atoms with E-state index in [4.69, 9.17) is 4.74 Å². The van der Waals surface area contributed by atoms with Gasteiger partial charge in [-0.2, -0.15) is 0 Å². The maximum atomic E-state index is 14.2. The Morgan fingerprint density at radius 1 is 0.958 bits per heavy atom. The van der Waals surface area contributed by atoms with Crippen LogP contribution in [0.5, 0.6) is 5.75 Å². The van der Waals surface area contributed by atoms with Crippen molar-refractivity contribution in [1.82, 2.24) is 0 Å². The minimum Gasteiger partial charge on any atom is -0.494 e. The molecule has 0 aromatic heterocycles. The van der Waals surface area contributed by atoms with Crippen LogP contribution in [0.15, 0.2) is 18.2 Å². The molecule has 2 rings (SSSR count). The second-order valence-electron chi connectivity index (χ2n) is 7.45. The van der Waals surface area contributed by atoms with Gasteiger partial charge < -0.3 is 4.74 Å². The molecule has 0 aliphatic heterocycles. The zero-order valence-electron chi connectivity index (χ0n) is 15.7. The van der Waals surface area contributed by atoms with Crippen molar-refractivity contribution in [1.29, 1.82) is 0 Å². The normalized spacial score (nSPS) is 21.0. The minimum absolute atomic E-state index is 0.0538. The molecule has 0 heterocycles. The van der Waals surface area contributed by atoms with Crippen molar-refractivity contribution >= 4 is 0 Å². The standard InChI is InChI=1S/C22H35FO/c1-3-5-6-7-8-9-18-10-12-19(13-11-18)21-17-20(24-16-4-2)14-15-22(21)23/h14-15,17-19H,3-13,16H2,1-2H3. The molecule has 1 nitrogen and oxygen atoms in total. The Labute approximate surface area is 148 Å². The molecule has 1 aromatic carbocycles. The smallest absolute Gasteiger partial charge is 0.126 e. The summed E-state index contributed by atoms with van der Waals surface area (Å²) < 4.78 is 19.9. The van der Waals surface area contributed by atoms with Crippen molar-refractivity contribution in [2.24, 2.45) is 5.92 Å². The molecule has 0 unspecified atom stereocenters. The highest BCUT2D eigenvalue weighted by atomic mass is 19.1. The Morgan fingerprint density at radius 3 is 2.42 bits per heavy atom. The second-order valence-corrected chi connectivity index (χ2v) is 7.45. The van der Waals surface area contributed by atoms with Crippen LogP contribution in [0.25, 0.3) is 0 Å². The van der Waals surface area contributed by atoms with E-state index in [9.17, 15) is 4.39 Å². The third-order valence-electron chi connectivity index (χ3n) is 5.44. The molecule has 0 bridgehead atoms. The van der Waals surface area contributed by atoms with Gasteiger partial charge in [0.15, 0.2) is 0 Å². The molecule has 1 fully saturated rings. The van der Waals surface area contributed by atoms with E-state index in [2.05, 4.69) is 13.8 Å². The highest BCUT2D eigenvalue weighted by Crippen LogP contribution is 2.39. The largest absolute Gasteiger partial charge is 0.494 e. The van der Waals surface area contributed by atoms with Gasteiger partial charge in [-0.25, -0.2) is 4.39 Å². The quantitative estimate of drug-likeness (QED) is 0.409. The monoisotopic (exact) mass is 334 g/mol. The first-order valence-corrected chi connectivity index (χ1v) is 10.2. The lowest BCUT2D eigenvalue weighted by Gasteiger charge is -2.29. The van der Waals surface area contributed by atoms with Crippen molar-refractivity contribution in [3.63, 3.8) is 0 Å². The van der Waals surface area contributed by atoms with Gasteiger partial charge in [0.25, 0.3) is 0 Å². The fourth-order valence-electron chi connectivity index (χ4n) is 3.94. The zero-order valence-corrected chi connectivity index (χ0v) is 15.7. The average Bonchev–Trinajstić information content (AvgIpc) is 2.61. The van der Waals surface area contributed by atoms with Crippen molar-refractivity contribution in [3.8, 4) is 5.75 Å². The summed E-state index contributed by atoms with van der Waals surface area (Å²) in [4.78, 5) is 0. The summed E-state index contributed by atoms with van der Waals surface area (Å²) in [6.07, 6.45) is 14.0. The van der Waals surface area contributed by atoms with Crippen LogP contribution in [0.1, 0.15) is 96.0 Å². The summed E-state index contributed by atoms with van der Waals surface area (Å²) in [6.45, 7) is 5.06. The van der Waals surface area contributed by atoms with Crippen molar-refractivity contribution < 1.29 is 9.13 Å². The lowest BCUT2D eigenvalue weighted by atomic mass is 9.77. The Kier molecular flexibility index (Phi) is 8.63. The van der Waals surface area contributed by atoms with E-state index in [-0.39, 0.29) is 5.82 Å². The van der Waals surface area contributed by atoms with Crippen LogP contribution < -0.4 is 4.74 Å². The number of benzene rings is 1. The number of ether oxygens (including phenoxy) is 1. The molecular formula is C22H35FO. The van der Waals surface area contributed by atoms with Gasteiger partial charge >= 0.3 is 0 Å². The van der Waals surface area contributed by atoms with Crippen LogP contribution in [0.3, 0.4) is 0 Å². The Balaban J connectivity index is 1.79. The van der Waals surface area contributed by atoms with E-state index in [1.54, 1.807) is 12.1 Å². The van der Waals surface area contributed by atoms with E-state index in [1.165, 1.54) is 51.4 Å². The summed E-state index contributed by atoms with van der Waals surface area (Å²) in [5.41, 5.74) is 0.880. The molecule has 1 aliphatic carbocycles. The van der Waals surface area contributed by atoms with Gasteiger partial charge in [0.2, 0.25) is 0 Å². The van der Waals surface area contributed by atoms with Gasteiger partial charge in [-0.15, -0.1) is 0 Å². The summed E-state index contributed by atoms with van der Waals surface area (Å²) in [5.74, 6) is 2.02. The molecule has 136 valence electrons. The number of hydrogen-bond acceptors (Lipinski definition) is 1. The second kappa shape index (κ2) is 10.7. The van der Waals surface area contributed by atoms with Gasteiger partial charge in [-0.3, -0.25) is 0 Å². The molecule has 2 heteroatoms. The molecular weight excluding hydrogens is 299 g/mol. The molecule has 24 heavy (non-hydrogen) atoms. The Morgan fingerprint density at radius 2 is 1.71 bits per heavy atom. The molecule has 0 N–H and O–H groups in total. The fraction of sp³-hybridized carbons (Fsp3) is 0.727. The van der Waals surface area contributed by atoms with Gasteiger partial charge in [0, 0.05) is 0 Å². The third-order valence-corrected chi connectivity index (χ3v) is 5.44. The molecule has 0 amide bonds. The van der Waals surface area contributed by atoms with Gasteiger partial charge in [0.1, 0.15) is 11.6 Å². The van der Waals surface area contributed by atoms with E-state index in [0.717, 1.165) is 36.5 Å². The number of halogens is 1. The molecule has 0 saturated heterocycles. The van der Waals surface area contributed by atoms with E-state index < -0.39 is 0 Å². The minimum atomic E-state index is -0.0538.